The molecule has 6 nitrogen and oxygen atoms in total. The fourth-order valence-corrected chi connectivity index (χ4v) is 2.60. The van der Waals surface area contributed by atoms with Crippen LogP contribution in [0.4, 0.5) is 17.1 Å². The molecule has 0 spiro atoms. The molecule has 0 atom stereocenters. The lowest BCUT2D eigenvalue weighted by Gasteiger charge is -2.14. The molecule has 0 aromatic heterocycles. The van der Waals surface area contributed by atoms with E-state index in [1.807, 2.05) is 19.1 Å². The Morgan fingerprint density at radius 2 is 1.86 bits per heavy atom. The van der Waals surface area contributed by atoms with Crippen LogP contribution >= 0.6 is 0 Å². The summed E-state index contributed by atoms with van der Waals surface area (Å²) in [6, 6.07) is 11.7. The minimum atomic E-state index is -3.88. The molecule has 0 aliphatic carbocycles. The molecule has 0 aliphatic heterocycles. The van der Waals surface area contributed by atoms with Crippen LogP contribution in [0, 0.1) is 0 Å². The van der Waals surface area contributed by atoms with Crippen LogP contribution < -0.4 is 20.9 Å². The van der Waals surface area contributed by atoms with Gasteiger partial charge in [-0.25, -0.2) is 13.6 Å². The highest BCUT2D eigenvalue weighted by Crippen LogP contribution is 2.31. The quantitative estimate of drug-likeness (QED) is 0.733. The van der Waals surface area contributed by atoms with Crippen LogP contribution in [0.15, 0.2) is 47.4 Å². The van der Waals surface area contributed by atoms with Crippen LogP contribution in [0.3, 0.4) is 0 Å². The third-order valence-electron chi connectivity index (χ3n) is 2.77. The van der Waals surface area contributed by atoms with Gasteiger partial charge in [-0.1, -0.05) is 12.1 Å². The highest BCUT2D eigenvalue weighted by molar-refractivity contribution is 7.89. The molecule has 0 radical (unpaired) electrons. The molecule has 0 saturated carbocycles. The molecule has 21 heavy (non-hydrogen) atoms. The summed E-state index contributed by atoms with van der Waals surface area (Å²) in [5, 5.41) is 8.24. The van der Waals surface area contributed by atoms with E-state index in [2.05, 4.69) is 5.32 Å². The van der Waals surface area contributed by atoms with E-state index < -0.39 is 10.0 Å². The van der Waals surface area contributed by atoms with Crippen LogP contribution in [0.2, 0.25) is 0 Å². The molecular weight excluding hydrogens is 290 g/mol. The number of sulfonamides is 1. The number of rotatable bonds is 5. The maximum atomic E-state index is 11.7. The highest BCUT2D eigenvalue weighted by atomic mass is 32.2. The number of para-hydroxylation sites is 2. The lowest BCUT2D eigenvalue weighted by molar-refractivity contribution is 0.342. The summed E-state index contributed by atoms with van der Waals surface area (Å²) < 4.78 is 28.8. The van der Waals surface area contributed by atoms with Crippen molar-refractivity contribution in [3.63, 3.8) is 0 Å². The van der Waals surface area contributed by atoms with Gasteiger partial charge in [0.25, 0.3) is 0 Å². The van der Waals surface area contributed by atoms with Crippen molar-refractivity contribution in [2.45, 2.75) is 11.8 Å². The van der Waals surface area contributed by atoms with Gasteiger partial charge in [0.1, 0.15) is 10.6 Å². The second-order valence-electron chi connectivity index (χ2n) is 4.35. The monoisotopic (exact) mass is 307 g/mol. The smallest absolute Gasteiger partial charge is 0.240 e. The van der Waals surface area contributed by atoms with Gasteiger partial charge in [0.15, 0.2) is 0 Å². The molecule has 2 rings (SSSR count). The number of hydrogen-bond acceptors (Lipinski definition) is 5. The molecule has 0 unspecified atom stereocenters. The number of primary sulfonamides is 1. The van der Waals surface area contributed by atoms with Crippen molar-refractivity contribution in [2.24, 2.45) is 5.14 Å². The Balaban J connectivity index is 2.45. The number of nitrogens with one attached hydrogen (secondary N) is 1. The summed E-state index contributed by atoms with van der Waals surface area (Å²) in [4.78, 5) is -0.0613. The Kier molecular flexibility index (Phi) is 4.35. The van der Waals surface area contributed by atoms with Gasteiger partial charge < -0.3 is 15.8 Å². The van der Waals surface area contributed by atoms with E-state index in [0.717, 1.165) is 0 Å². The first kappa shape index (κ1) is 15.1. The normalized spacial score (nSPS) is 11.1. The minimum absolute atomic E-state index is 0.0613. The standard InChI is InChI=1S/C14H17N3O3S/c1-2-20-13-6-4-3-5-11(13)17-12-8-7-10(15)9-14(12)21(16,18)19/h3-9,17H,2,15H2,1H3,(H2,16,18,19). The Bertz CT molecular complexity index is 745. The summed E-state index contributed by atoms with van der Waals surface area (Å²) >= 11 is 0. The van der Waals surface area contributed by atoms with Gasteiger partial charge >= 0.3 is 0 Å². The van der Waals surface area contributed by atoms with E-state index in [0.29, 0.717) is 29.4 Å². The largest absolute Gasteiger partial charge is 0.492 e. The van der Waals surface area contributed by atoms with Crippen molar-refractivity contribution in [3.8, 4) is 5.75 Å². The van der Waals surface area contributed by atoms with Gasteiger partial charge in [-0.15, -0.1) is 0 Å². The minimum Gasteiger partial charge on any atom is -0.492 e. The van der Waals surface area contributed by atoms with Gasteiger partial charge in [0.05, 0.1) is 18.0 Å². The van der Waals surface area contributed by atoms with Gasteiger partial charge in [0.2, 0.25) is 10.0 Å². The molecule has 2 aromatic carbocycles. The first-order chi connectivity index (χ1) is 9.91. The predicted molar refractivity (Wildman–Crippen MR) is 83.1 cm³/mol. The molecule has 0 heterocycles. The second-order valence-corrected chi connectivity index (χ2v) is 5.88. The van der Waals surface area contributed by atoms with Gasteiger partial charge in [-0.05, 0) is 37.3 Å². The van der Waals surface area contributed by atoms with Crippen molar-refractivity contribution in [2.75, 3.05) is 17.7 Å². The van der Waals surface area contributed by atoms with E-state index in [-0.39, 0.29) is 4.90 Å². The Morgan fingerprint density at radius 1 is 1.14 bits per heavy atom. The lowest BCUT2D eigenvalue weighted by Crippen LogP contribution is -2.14. The molecule has 5 N–H and O–H groups in total. The molecule has 0 aliphatic rings. The summed E-state index contributed by atoms with van der Waals surface area (Å²) in [5.41, 5.74) is 6.94. The average molecular weight is 307 g/mol. The molecule has 2 aromatic rings. The number of anilines is 3. The predicted octanol–water partition coefficient (Wildman–Crippen LogP) is 2.06. The molecule has 112 valence electrons. The highest BCUT2D eigenvalue weighted by Gasteiger charge is 2.15. The average Bonchev–Trinajstić information content (AvgIpc) is 2.42. The van der Waals surface area contributed by atoms with Crippen LogP contribution in [0.5, 0.6) is 5.75 Å². The van der Waals surface area contributed by atoms with Crippen LogP contribution in [0.1, 0.15) is 6.92 Å². The van der Waals surface area contributed by atoms with Gasteiger partial charge in [-0.2, -0.15) is 0 Å². The lowest BCUT2D eigenvalue weighted by atomic mass is 10.2. The number of hydrogen-bond donors (Lipinski definition) is 3. The SMILES string of the molecule is CCOc1ccccc1Nc1ccc(N)cc1S(N)(=O)=O. The Morgan fingerprint density at radius 3 is 2.52 bits per heavy atom. The number of nitrogen functional groups attached to an aromatic ring is 1. The maximum absolute atomic E-state index is 11.7. The zero-order valence-corrected chi connectivity index (χ0v) is 12.4. The van der Waals surface area contributed by atoms with Gasteiger partial charge in [-0.3, -0.25) is 0 Å². The summed E-state index contributed by atoms with van der Waals surface area (Å²) in [6.45, 7) is 2.37. The maximum Gasteiger partial charge on any atom is 0.240 e. The van der Waals surface area contributed by atoms with E-state index in [1.165, 1.54) is 6.07 Å². The summed E-state index contributed by atoms with van der Waals surface area (Å²) in [6.07, 6.45) is 0. The molecule has 0 fully saturated rings. The topological polar surface area (TPSA) is 107 Å². The zero-order chi connectivity index (χ0) is 15.5. The first-order valence-electron chi connectivity index (χ1n) is 6.33. The van der Waals surface area contributed by atoms with Crippen LogP contribution in [-0.4, -0.2) is 15.0 Å². The van der Waals surface area contributed by atoms with Crippen molar-refractivity contribution in [1.82, 2.24) is 0 Å². The summed E-state index contributed by atoms with van der Waals surface area (Å²) in [5.74, 6) is 0.622. The fraction of sp³-hybridized carbons (Fsp3) is 0.143. The molecule has 0 amide bonds. The van der Waals surface area contributed by atoms with Crippen molar-refractivity contribution < 1.29 is 13.2 Å². The Hall–Kier alpha value is -2.25. The van der Waals surface area contributed by atoms with Crippen molar-refractivity contribution in [3.05, 3.63) is 42.5 Å². The van der Waals surface area contributed by atoms with Crippen LogP contribution in [-0.2, 0) is 10.0 Å². The fourth-order valence-electron chi connectivity index (χ4n) is 1.87. The number of ether oxygens (including phenoxy) is 1. The van der Waals surface area contributed by atoms with Crippen molar-refractivity contribution in [1.29, 1.82) is 0 Å². The second kappa shape index (κ2) is 6.02. The molecule has 0 bridgehead atoms. The number of benzene rings is 2. The zero-order valence-electron chi connectivity index (χ0n) is 11.5. The summed E-state index contributed by atoms with van der Waals surface area (Å²) in [7, 11) is -3.88. The molecular formula is C14H17N3O3S. The van der Waals surface area contributed by atoms with E-state index in [1.54, 1.807) is 24.3 Å². The van der Waals surface area contributed by atoms with E-state index in [4.69, 9.17) is 15.6 Å². The van der Waals surface area contributed by atoms with E-state index in [9.17, 15) is 8.42 Å². The molecule has 0 saturated heterocycles. The number of nitrogens with two attached hydrogens (primary N) is 2. The third kappa shape index (κ3) is 3.65. The third-order valence-corrected chi connectivity index (χ3v) is 3.72. The molecule has 7 heteroatoms. The first-order valence-corrected chi connectivity index (χ1v) is 7.87. The van der Waals surface area contributed by atoms with Gasteiger partial charge in [0, 0.05) is 5.69 Å². The Labute approximate surface area is 123 Å². The van der Waals surface area contributed by atoms with Crippen LogP contribution in [0.25, 0.3) is 0 Å². The van der Waals surface area contributed by atoms with E-state index >= 15 is 0 Å². The van der Waals surface area contributed by atoms with Crippen molar-refractivity contribution >= 4 is 27.1 Å².